The molecule has 2 aliphatic heterocycles. The highest BCUT2D eigenvalue weighted by atomic mass is 16.8. The average molecular weight is 349 g/mol. The Morgan fingerprint density at radius 3 is 2.44 bits per heavy atom. The maximum absolute atomic E-state index is 12.5. The highest BCUT2D eigenvalue weighted by Crippen LogP contribution is 2.31. The molecule has 1 spiro atoms. The van der Waals surface area contributed by atoms with E-state index in [4.69, 9.17) is 9.47 Å². The summed E-state index contributed by atoms with van der Waals surface area (Å²) < 4.78 is 11.9. The number of rotatable bonds is 4. The zero-order chi connectivity index (χ0) is 18.2. The summed E-state index contributed by atoms with van der Waals surface area (Å²) in [4.78, 5) is 37.0. The Balaban J connectivity index is 1.55. The van der Waals surface area contributed by atoms with E-state index in [1.165, 1.54) is 6.92 Å². The van der Waals surface area contributed by atoms with E-state index < -0.39 is 11.8 Å². The molecule has 25 heavy (non-hydrogen) atoms. The maximum atomic E-state index is 12.5. The Morgan fingerprint density at radius 2 is 1.92 bits per heavy atom. The van der Waals surface area contributed by atoms with Gasteiger partial charge in [-0.05, 0) is 20.8 Å². The number of Topliss-reactive ketones (excluding diaryl/α,β-unsaturated/α-hetero) is 1. The van der Waals surface area contributed by atoms with Crippen LogP contribution in [-0.2, 0) is 20.8 Å². The summed E-state index contributed by atoms with van der Waals surface area (Å²) in [5.41, 5.74) is 1.57. The number of carbonyl (C=O) groups is 3. The third-order valence-corrected chi connectivity index (χ3v) is 5.05. The van der Waals surface area contributed by atoms with Crippen molar-refractivity contribution in [1.82, 2.24) is 14.7 Å². The van der Waals surface area contributed by atoms with Gasteiger partial charge in [0.25, 0.3) is 0 Å². The topological polar surface area (TPSA) is 90.7 Å². The normalized spacial score (nSPS) is 19.0. The number of aryl methyl sites for hydroxylation is 2. The Bertz CT molecular complexity index is 716. The van der Waals surface area contributed by atoms with Crippen LogP contribution in [0, 0.1) is 13.8 Å². The second kappa shape index (κ2) is 6.50. The van der Waals surface area contributed by atoms with E-state index in [0.29, 0.717) is 50.2 Å². The molecular weight excluding hydrogens is 326 g/mol. The van der Waals surface area contributed by atoms with Crippen molar-refractivity contribution in [2.45, 2.75) is 52.2 Å². The van der Waals surface area contributed by atoms with Crippen LogP contribution in [0.25, 0.3) is 0 Å². The van der Waals surface area contributed by atoms with E-state index in [9.17, 15) is 14.4 Å². The van der Waals surface area contributed by atoms with Gasteiger partial charge in [0, 0.05) is 44.6 Å². The van der Waals surface area contributed by atoms with Crippen LogP contribution in [0.4, 0.5) is 4.79 Å². The van der Waals surface area contributed by atoms with Gasteiger partial charge in [0.05, 0.1) is 11.3 Å². The predicted molar refractivity (Wildman–Crippen MR) is 87.3 cm³/mol. The summed E-state index contributed by atoms with van der Waals surface area (Å²) in [5, 5.41) is 4.37. The molecule has 1 aromatic heterocycles. The molecule has 0 radical (unpaired) electrons. The molecule has 0 aromatic carbocycles. The van der Waals surface area contributed by atoms with Crippen molar-refractivity contribution < 1.29 is 23.9 Å². The highest BCUT2D eigenvalue weighted by molar-refractivity contribution is 5.96. The Kier molecular flexibility index (Phi) is 4.53. The summed E-state index contributed by atoms with van der Waals surface area (Å²) in [5.74, 6) is 0.0271. The highest BCUT2D eigenvalue weighted by Gasteiger charge is 2.45. The first-order valence-electron chi connectivity index (χ1n) is 8.50. The van der Waals surface area contributed by atoms with E-state index in [-0.39, 0.29) is 18.3 Å². The molecule has 2 fully saturated rings. The van der Waals surface area contributed by atoms with Gasteiger partial charge in [0.2, 0.25) is 5.91 Å². The maximum Gasteiger partial charge on any atom is 0.509 e. The number of carbonyl (C=O) groups excluding carboxylic acids is 3. The standard InChI is InChI=1S/C17H23N3O5/c1-11-15(13(3)21)12(2)20(18-11)7-4-14(22)19-8-5-17(6-9-19)10-24-16(23)25-17/h4-10H2,1-3H3. The molecular formula is C17H23N3O5. The average Bonchev–Trinajstić information content (AvgIpc) is 3.05. The molecule has 0 bridgehead atoms. The van der Waals surface area contributed by atoms with Crippen molar-refractivity contribution in [2.24, 2.45) is 0 Å². The lowest BCUT2D eigenvalue weighted by molar-refractivity contribution is -0.134. The van der Waals surface area contributed by atoms with Gasteiger partial charge in [0.1, 0.15) is 6.61 Å². The van der Waals surface area contributed by atoms with Gasteiger partial charge in [0.15, 0.2) is 11.4 Å². The quantitative estimate of drug-likeness (QED) is 0.606. The van der Waals surface area contributed by atoms with Crippen molar-refractivity contribution in [3.05, 3.63) is 17.0 Å². The third kappa shape index (κ3) is 3.38. The number of cyclic esters (lactones) is 1. The smallest absolute Gasteiger partial charge is 0.430 e. The first-order valence-corrected chi connectivity index (χ1v) is 8.50. The fraction of sp³-hybridized carbons (Fsp3) is 0.647. The van der Waals surface area contributed by atoms with Gasteiger partial charge in [-0.25, -0.2) is 4.79 Å². The monoisotopic (exact) mass is 349 g/mol. The minimum absolute atomic E-state index is 0.0118. The van der Waals surface area contributed by atoms with E-state index in [2.05, 4.69) is 5.10 Å². The molecule has 3 heterocycles. The Hall–Kier alpha value is -2.38. The number of hydrogen-bond donors (Lipinski definition) is 0. The zero-order valence-corrected chi connectivity index (χ0v) is 14.8. The minimum Gasteiger partial charge on any atom is -0.430 e. The van der Waals surface area contributed by atoms with Crippen LogP contribution in [0.5, 0.6) is 0 Å². The first kappa shape index (κ1) is 17.4. The molecule has 3 rings (SSSR count). The number of piperidine rings is 1. The third-order valence-electron chi connectivity index (χ3n) is 5.05. The number of ketones is 1. The van der Waals surface area contributed by atoms with Crippen LogP contribution in [0.3, 0.4) is 0 Å². The number of nitrogens with zero attached hydrogens (tertiary/aromatic N) is 3. The van der Waals surface area contributed by atoms with Crippen molar-refractivity contribution >= 4 is 17.8 Å². The fourth-order valence-corrected chi connectivity index (χ4v) is 3.62. The summed E-state index contributed by atoms with van der Waals surface area (Å²) in [7, 11) is 0. The summed E-state index contributed by atoms with van der Waals surface area (Å²) in [6.45, 7) is 6.98. The summed E-state index contributed by atoms with van der Waals surface area (Å²) >= 11 is 0. The van der Waals surface area contributed by atoms with Crippen LogP contribution >= 0.6 is 0 Å². The Labute approximate surface area is 146 Å². The van der Waals surface area contributed by atoms with Gasteiger partial charge in [-0.15, -0.1) is 0 Å². The molecule has 136 valence electrons. The van der Waals surface area contributed by atoms with Crippen molar-refractivity contribution in [1.29, 1.82) is 0 Å². The van der Waals surface area contributed by atoms with Crippen LogP contribution in [0.15, 0.2) is 0 Å². The number of ether oxygens (including phenoxy) is 2. The fourth-order valence-electron chi connectivity index (χ4n) is 3.62. The molecule has 0 saturated carbocycles. The number of aromatic nitrogens is 2. The van der Waals surface area contributed by atoms with Gasteiger partial charge in [-0.3, -0.25) is 14.3 Å². The molecule has 8 heteroatoms. The molecule has 1 amide bonds. The van der Waals surface area contributed by atoms with E-state index in [0.717, 1.165) is 5.69 Å². The van der Waals surface area contributed by atoms with Crippen molar-refractivity contribution in [3.63, 3.8) is 0 Å². The number of amides is 1. The lowest BCUT2D eigenvalue weighted by Gasteiger charge is -2.36. The van der Waals surface area contributed by atoms with Crippen molar-refractivity contribution in [3.8, 4) is 0 Å². The minimum atomic E-state index is -0.620. The van der Waals surface area contributed by atoms with Gasteiger partial charge >= 0.3 is 6.16 Å². The molecule has 0 aliphatic carbocycles. The SMILES string of the molecule is CC(=O)c1c(C)nn(CCC(=O)N2CCC3(CC2)COC(=O)O3)c1C. The summed E-state index contributed by atoms with van der Waals surface area (Å²) in [6.07, 6.45) is 0.894. The molecule has 8 nitrogen and oxygen atoms in total. The lowest BCUT2D eigenvalue weighted by Crippen LogP contribution is -2.48. The summed E-state index contributed by atoms with van der Waals surface area (Å²) in [6, 6.07) is 0. The van der Waals surface area contributed by atoms with Crippen molar-refractivity contribution in [2.75, 3.05) is 19.7 Å². The molecule has 0 atom stereocenters. The second-order valence-electron chi connectivity index (χ2n) is 6.78. The van der Waals surface area contributed by atoms with Crippen LogP contribution in [0.1, 0.15) is 47.9 Å². The van der Waals surface area contributed by atoms with Crippen LogP contribution in [0.2, 0.25) is 0 Å². The van der Waals surface area contributed by atoms with E-state index in [1.807, 2.05) is 6.92 Å². The Morgan fingerprint density at radius 1 is 1.24 bits per heavy atom. The largest absolute Gasteiger partial charge is 0.509 e. The predicted octanol–water partition coefficient (Wildman–Crippen LogP) is 1.62. The van der Waals surface area contributed by atoms with Gasteiger partial charge in [-0.2, -0.15) is 5.10 Å². The van der Waals surface area contributed by atoms with Gasteiger partial charge < -0.3 is 14.4 Å². The molecule has 1 aromatic rings. The molecule has 2 aliphatic rings. The molecule has 0 unspecified atom stereocenters. The first-order chi connectivity index (χ1) is 11.8. The zero-order valence-electron chi connectivity index (χ0n) is 14.8. The number of hydrogen-bond acceptors (Lipinski definition) is 6. The number of likely N-dealkylation sites (tertiary alicyclic amines) is 1. The second-order valence-corrected chi connectivity index (χ2v) is 6.78. The van der Waals surface area contributed by atoms with E-state index >= 15 is 0 Å². The van der Waals surface area contributed by atoms with Gasteiger partial charge in [-0.1, -0.05) is 0 Å². The lowest BCUT2D eigenvalue weighted by atomic mass is 9.92. The van der Waals surface area contributed by atoms with Crippen LogP contribution in [-0.4, -0.2) is 57.8 Å². The van der Waals surface area contributed by atoms with Crippen LogP contribution < -0.4 is 0 Å². The van der Waals surface area contributed by atoms with E-state index in [1.54, 1.807) is 16.5 Å². The molecule has 0 N–H and O–H groups in total. The molecule has 2 saturated heterocycles.